The molecular formula is C14H20N4O. The Bertz CT molecular complexity index is 576. The third kappa shape index (κ3) is 2.30. The SMILES string of the molecule is CN(C)CCn1c2c(c3nccnc31)OCCCC2. The molecule has 0 radical (unpaired) electrons. The van der Waals surface area contributed by atoms with Crippen LogP contribution in [0, 0.1) is 0 Å². The Morgan fingerprint density at radius 1 is 1.26 bits per heavy atom. The molecule has 0 saturated carbocycles. The Labute approximate surface area is 113 Å². The molecular weight excluding hydrogens is 240 g/mol. The molecule has 0 spiro atoms. The lowest BCUT2D eigenvalue weighted by Crippen LogP contribution is -2.19. The van der Waals surface area contributed by atoms with Crippen LogP contribution in [-0.4, -0.2) is 46.7 Å². The monoisotopic (exact) mass is 260 g/mol. The van der Waals surface area contributed by atoms with Gasteiger partial charge in [0.1, 0.15) is 5.52 Å². The molecule has 3 rings (SSSR count). The Morgan fingerprint density at radius 2 is 2.11 bits per heavy atom. The van der Waals surface area contributed by atoms with E-state index in [4.69, 9.17) is 4.74 Å². The normalized spacial score (nSPS) is 15.3. The van der Waals surface area contributed by atoms with Crippen LogP contribution in [0.15, 0.2) is 12.4 Å². The van der Waals surface area contributed by atoms with Crippen LogP contribution in [0.5, 0.6) is 5.75 Å². The first kappa shape index (κ1) is 12.4. The maximum absolute atomic E-state index is 5.91. The Balaban J connectivity index is 2.09. The van der Waals surface area contributed by atoms with Crippen molar-refractivity contribution in [1.29, 1.82) is 0 Å². The van der Waals surface area contributed by atoms with Crippen molar-refractivity contribution in [2.75, 3.05) is 27.2 Å². The van der Waals surface area contributed by atoms with Crippen molar-refractivity contribution >= 4 is 11.2 Å². The summed E-state index contributed by atoms with van der Waals surface area (Å²) in [7, 11) is 4.18. The second kappa shape index (κ2) is 5.17. The third-order valence-corrected chi connectivity index (χ3v) is 3.56. The Morgan fingerprint density at radius 3 is 2.95 bits per heavy atom. The van der Waals surface area contributed by atoms with E-state index in [0.717, 1.165) is 49.5 Å². The zero-order valence-electron chi connectivity index (χ0n) is 11.6. The number of ether oxygens (including phenoxy) is 1. The van der Waals surface area contributed by atoms with Crippen molar-refractivity contribution in [3.8, 4) is 5.75 Å². The molecule has 102 valence electrons. The van der Waals surface area contributed by atoms with Crippen LogP contribution in [-0.2, 0) is 13.0 Å². The van der Waals surface area contributed by atoms with Gasteiger partial charge in [-0.05, 0) is 33.4 Å². The lowest BCUT2D eigenvalue weighted by atomic mass is 10.2. The molecule has 0 amide bonds. The first-order chi connectivity index (χ1) is 9.27. The topological polar surface area (TPSA) is 43.2 Å². The van der Waals surface area contributed by atoms with Gasteiger partial charge in [0.25, 0.3) is 0 Å². The Hall–Kier alpha value is -1.62. The van der Waals surface area contributed by atoms with Crippen LogP contribution < -0.4 is 4.74 Å². The summed E-state index contributed by atoms with van der Waals surface area (Å²) in [6.07, 6.45) is 6.84. The molecule has 5 nitrogen and oxygen atoms in total. The first-order valence-corrected chi connectivity index (χ1v) is 6.87. The molecule has 0 aromatic carbocycles. The summed E-state index contributed by atoms with van der Waals surface area (Å²) in [4.78, 5) is 11.1. The fraction of sp³-hybridized carbons (Fsp3) is 0.571. The minimum Gasteiger partial charge on any atom is -0.489 e. The molecule has 2 aromatic heterocycles. The molecule has 0 fully saturated rings. The van der Waals surface area contributed by atoms with Crippen LogP contribution in [0.3, 0.4) is 0 Å². The lowest BCUT2D eigenvalue weighted by molar-refractivity contribution is 0.319. The van der Waals surface area contributed by atoms with Gasteiger partial charge in [0.05, 0.1) is 12.3 Å². The minimum atomic E-state index is 0.788. The molecule has 0 aliphatic carbocycles. The summed E-state index contributed by atoms with van der Waals surface area (Å²) in [6.45, 7) is 2.71. The maximum Gasteiger partial charge on any atom is 0.168 e. The Kier molecular flexibility index (Phi) is 3.38. The van der Waals surface area contributed by atoms with Crippen LogP contribution in [0.25, 0.3) is 11.2 Å². The zero-order chi connectivity index (χ0) is 13.2. The molecule has 3 heterocycles. The predicted molar refractivity (Wildman–Crippen MR) is 74.5 cm³/mol. The van der Waals surface area contributed by atoms with Gasteiger partial charge in [0, 0.05) is 25.5 Å². The van der Waals surface area contributed by atoms with Crippen molar-refractivity contribution in [3.63, 3.8) is 0 Å². The van der Waals surface area contributed by atoms with Crippen molar-refractivity contribution in [1.82, 2.24) is 19.4 Å². The summed E-state index contributed by atoms with van der Waals surface area (Å²) in [5, 5.41) is 0. The summed E-state index contributed by atoms with van der Waals surface area (Å²) in [5.74, 6) is 0.958. The molecule has 0 saturated heterocycles. The molecule has 1 aliphatic rings. The van der Waals surface area contributed by atoms with Gasteiger partial charge >= 0.3 is 0 Å². The van der Waals surface area contributed by atoms with E-state index in [1.54, 1.807) is 12.4 Å². The van der Waals surface area contributed by atoms with Crippen LogP contribution >= 0.6 is 0 Å². The zero-order valence-corrected chi connectivity index (χ0v) is 11.6. The molecule has 19 heavy (non-hydrogen) atoms. The van der Waals surface area contributed by atoms with Gasteiger partial charge in [-0.1, -0.05) is 0 Å². The fourth-order valence-electron chi connectivity index (χ4n) is 2.59. The highest BCUT2D eigenvalue weighted by molar-refractivity contribution is 5.81. The van der Waals surface area contributed by atoms with E-state index in [1.807, 2.05) is 0 Å². The second-order valence-corrected chi connectivity index (χ2v) is 5.26. The summed E-state index contributed by atoms with van der Waals surface area (Å²) >= 11 is 0. The largest absolute Gasteiger partial charge is 0.489 e. The van der Waals surface area contributed by atoms with Gasteiger partial charge in [-0.2, -0.15) is 0 Å². The number of likely N-dealkylation sites (N-methyl/N-ethyl adjacent to an activating group) is 1. The van der Waals surface area contributed by atoms with E-state index < -0.39 is 0 Å². The maximum atomic E-state index is 5.91. The standard InChI is InChI=1S/C14H20N4O/c1-17(2)8-9-18-11-5-3-4-10-19-13(11)12-14(18)16-7-6-15-12/h6-7H,3-5,8-10H2,1-2H3. The third-order valence-electron chi connectivity index (χ3n) is 3.56. The average molecular weight is 260 g/mol. The van der Waals surface area contributed by atoms with Gasteiger partial charge in [-0.3, -0.25) is 0 Å². The molecule has 0 unspecified atom stereocenters. The molecule has 0 N–H and O–H groups in total. The number of fused-ring (bicyclic) bond motifs is 3. The first-order valence-electron chi connectivity index (χ1n) is 6.87. The predicted octanol–water partition coefficient (Wildman–Crippen LogP) is 1.71. The summed E-state index contributed by atoms with van der Waals surface area (Å²) in [5.41, 5.74) is 3.13. The lowest BCUT2D eigenvalue weighted by Gasteiger charge is -2.13. The van der Waals surface area contributed by atoms with Crippen molar-refractivity contribution in [3.05, 3.63) is 18.1 Å². The molecule has 0 bridgehead atoms. The van der Waals surface area contributed by atoms with Gasteiger partial charge in [0.2, 0.25) is 0 Å². The van der Waals surface area contributed by atoms with E-state index in [2.05, 4.69) is 33.5 Å². The minimum absolute atomic E-state index is 0.788. The summed E-state index contributed by atoms with van der Waals surface area (Å²) < 4.78 is 8.19. The number of hydrogen-bond acceptors (Lipinski definition) is 4. The number of hydrogen-bond donors (Lipinski definition) is 0. The quantitative estimate of drug-likeness (QED) is 0.842. The van der Waals surface area contributed by atoms with E-state index in [9.17, 15) is 0 Å². The van der Waals surface area contributed by atoms with E-state index in [1.165, 1.54) is 12.1 Å². The number of aromatic nitrogens is 3. The number of rotatable bonds is 3. The van der Waals surface area contributed by atoms with Gasteiger partial charge in [-0.25, -0.2) is 9.97 Å². The van der Waals surface area contributed by atoms with Crippen molar-refractivity contribution in [2.45, 2.75) is 25.8 Å². The molecule has 0 atom stereocenters. The van der Waals surface area contributed by atoms with E-state index >= 15 is 0 Å². The highest BCUT2D eigenvalue weighted by Gasteiger charge is 2.21. The van der Waals surface area contributed by atoms with Crippen LogP contribution in [0.2, 0.25) is 0 Å². The van der Waals surface area contributed by atoms with Gasteiger partial charge < -0.3 is 14.2 Å². The van der Waals surface area contributed by atoms with Gasteiger partial charge in [0.15, 0.2) is 11.4 Å². The van der Waals surface area contributed by atoms with E-state index in [-0.39, 0.29) is 0 Å². The molecule has 2 aromatic rings. The molecule has 5 heteroatoms. The average Bonchev–Trinajstić information content (AvgIpc) is 2.56. The van der Waals surface area contributed by atoms with Crippen molar-refractivity contribution < 1.29 is 4.74 Å². The van der Waals surface area contributed by atoms with Crippen LogP contribution in [0.1, 0.15) is 18.5 Å². The second-order valence-electron chi connectivity index (χ2n) is 5.26. The smallest absolute Gasteiger partial charge is 0.168 e. The fourth-order valence-corrected chi connectivity index (χ4v) is 2.59. The molecule has 1 aliphatic heterocycles. The highest BCUT2D eigenvalue weighted by atomic mass is 16.5. The van der Waals surface area contributed by atoms with Crippen molar-refractivity contribution in [2.24, 2.45) is 0 Å². The van der Waals surface area contributed by atoms with Crippen LogP contribution in [0.4, 0.5) is 0 Å². The highest BCUT2D eigenvalue weighted by Crippen LogP contribution is 2.33. The summed E-state index contributed by atoms with van der Waals surface area (Å²) in [6, 6.07) is 0. The number of nitrogens with zero attached hydrogens (tertiary/aromatic N) is 4. The van der Waals surface area contributed by atoms with E-state index in [0.29, 0.717) is 0 Å². The van der Waals surface area contributed by atoms with Gasteiger partial charge in [-0.15, -0.1) is 0 Å².